The summed E-state index contributed by atoms with van der Waals surface area (Å²) in [6, 6.07) is 15.1. The van der Waals surface area contributed by atoms with Crippen molar-refractivity contribution in [2.45, 2.75) is 13.0 Å². The van der Waals surface area contributed by atoms with Gasteiger partial charge >= 0.3 is 0 Å². The van der Waals surface area contributed by atoms with E-state index < -0.39 is 0 Å². The van der Waals surface area contributed by atoms with Gasteiger partial charge < -0.3 is 14.8 Å². The van der Waals surface area contributed by atoms with Gasteiger partial charge in [0.2, 0.25) is 5.91 Å². The Hall–Kier alpha value is -2.08. The Morgan fingerprint density at radius 1 is 1.15 bits per heavy atom. The van der Waals surface area contributed by atoms with E-state index in [9.17, 15) is 4.79 Å². The zero-order valence-electron chi connectivity index (χ0n) is 14.6. The second kappa shape index (κ2) is 9.57. The zero-order valence-corrected chi connectivity index (χ0v) is 15.4. The summed E-state index contributed by atoms with van der Waals surface area (Å²) in [5.41, 5.74) is 1.75. The number of para-hydroxylation sites is 1. The molecule has 2 aromatic carbocycles. The van der Waals surface area contributed by atoms with Gasteiger partial charge in [0.05, 0.1) is 26.2 Å². The smallest absolute Gasteiger partial charge is 0.227 e. The lowest BCUT2D eigenvalue weighted by atomic mass is 10.2. The lowest BCUT2D eigenvalue weighted by Gasteiger charge is -2.27. The molecule has 1 amide bonds. The van der Waals surface area contributed by atoms with Crippen molar-refractivity contribution in [2.24, 2.45) is 0 Å². The Bertz CT molecular complexity index is 718. The zero-order chi connectivity index (χ0) is 18.2. The first-order chi connectivity index (χ1) is 12.7. The van der Waals surface area contributed by atoms with Crippen LogP contribution in [0, 0.1) is 0 Å². The second-order valence-electron chi connectivity index (χ2n) is 6.15. The van der Waals surface area contributed by atoms with E-state index in [1.165, 1.54) is 0 Å². The minimum Gasteiger partial charge on any atom is -0.493 e. The number of halogens is 1. The van der Waals surface area contributed by atoms with Gasteiger partial charge in [-0.05, 0) is 29.8 Å². The summed E-state index contributed by atoms with van der Waals surface area (Å²) >= 11 is 6.38. The van der Waals surface area contributed by atoms with Crippen molar-refractivity contribution in [2.75, 3.05) is 38.2 Å². The number of rotatable bonds is 7. The maximum absolute atomic E-state index is 12.1. The topological polar surface area (TPSA) is 50.8 Å². The van der Waals surface area contributed by atoms with E-state index in [0.717, 1.165) is 44.2 Å². The maximum Gasteiger partial charge on any atom is 0.227 e. The highest BCUT2D eigenvalue weighted by Gasteiger charge is 2.13. The van der Waals surface area contributed by atoms with Crippen molar-refractivity contribution in [3.63, 3.8) is 0 Å². The van der Waals surface area contributed by atoms with E-state index in [4.69, 9.17) is 21.1 Å². The number of carbonyl (C=O) groups excluding carboxylic acids is 1. The molecule has 0 aliphatic carbocycles. The maximum atomic E-state index is 12.1. The standard InChI is InChI=1S/C20H23ClN2O3/c21-19-14-17(7-6-16(19)15-23-9-12-25-13-10-23)22-20(24)8-11-26-18-4-2-1-3-5-18/h1-7,14H,8-13,15H2,(H,22,24). The molecule has 1 heterocycles. The number of amides is 1. The van der Waals surface area contributed by atoms with Gasteiger partial charge in [-0.1, -0.05) is 35.9 Å². The number of anilines is 1. The van der Waals surface area contributed by atoms with Gasteiger partial charge in [0.1, 0.15) is 5.75 Å². The molecule has 1 N–H and O–H groups in total. The second-order valence-corrected chi connectivity index (χ2v) is 6.56. The first kappa shape index (κ1) is 18.7. The van der Waals surface area contributed by atoms with E-state index in [2.05, 4.69) is 10.2 Å². The van der Waals surface area contributed by atoms with Crippen molar-refractivity contribution in [3.05, 3.63) is 59.1 Å². The Kier molecular flexibility index (Phi) is 6.89. The monoisotopic (exact) mass is 374 g/mol. The molecule has 5 nitrogen and oxygen atoms in total. The van der Waals surface area contributed by atoms with Gasteiger partial charge in [-0.2, -0.15) is 0 Å². The molecule has 0 unspecified atom stereocenters. The molecule has 0 spiro atoms. The summed E-state index contributed by atoms with van der Waals surface area (Å²) in [4.78, 5) is 14.4. The minimum atomic E-state index is -0.0991. The van der Waals surface area contributed by atoms with Crippen LogP contribution in [0.5, 0.6) is 5.75 Å². The number of nitrogens with one attached hydrogen (secondary N) is 1. The van der Waals surface area contributed by atoms with Gasteiger partial charge in [0.25, 0.3) is 0 Å². The normalized spacial score (nSPS) is 14.8. The molecule has 26 heavy (non-hydrogen) atoms. The summed E-state index contributed by atoms with van der Waals surface area (Å²) in [6.45, 7) is 4.47. The molecule has 3 rings (SSSR count). The van der Waals surface area contributed by atoms with Crippen molar-refractivity contribution >= 4 is 23.2 Å². The average molecular weight is 375 g/mol. The SMILES string of the molecule is O=C(CCOc1ccccc1)Nc1ccc(CN2CCOCC2)c(Cl)c1. The van der Waals surface area contributed by atoms with E-state index in [1.54, 1.807) is 6.07 Å². The largest absolute Gasteiger partial charge is 0.493 e. The van der Waals surface area contributed by atoms with Gasteiger partial charge in [0, 0.05) is 30.3 Å². The molecular weight excluding hydrogens is 352 g/mol. The Balaban J connectivity index is 1.46. The number of benzene rings is 2. The number of hydrogen-bond acceptors (Lipinski definition) is 4. The van der Waals surface area contributed by atoms with E-state index in [1.807, 2.05) is 42.5 Å². The van der Waals surface area contributed by atoms with Crippen molar-refractivity contribution < 1.29 is 14.3 Å². The molecule has 0 atom stereocenters. The van der Waals surface area contributed by atoms with Crippen LogP contribution in [0.4, 0.5) is 5.69 Å². The molecule has 2 aromatic rings. The molecule has 1 fully saturated rings. The Morgan fingerprint density at radius 2 is 1.92 bits per heavy atom. The first-order valence-corrected chi connectivity index (χ1v) is 9.15. The highest BCUT2D eigenvalue weighted by Crippen LogP contribution is 2.23. The fourth-order valence-electron chi connectivity index (χ4n) is 2.76. The predicted molar refractivity (Wildman–Crippen MR) is 103 cm³/mol. The van der Waals surface area contributed by atoms with Crippen molar-refractivity contribution in [1.29, 1.82) is 0 Å². The highest BCUT2D eigenvalue weighted by molar-refractivity contribution is 6.31. The third-order valence-corrected chi connectivity index (χ3v) is 4.53. The lowest BCUT2D eigenvalue weighted by Crippen LogP contribution is -2.35. The summed E-state index contributed by atoms with van der Waals surface area (Å²) in [7, 11) is 0. The number of nitrogens with zero attached hydrogens (tertiary/aromatic N) is 1. The summed E-state index contributed by atoms with van der Waals surface area (Å²) in [6.07, 6.45) is 0.280. The highest BCUT2D eigenvalue weighted by atomic mass is 35.5. The quantitative estimate of drug-likeness (QED) is 0.804. The summed E-state index contributed by atoms with van der Waals surface area (Å²) in [5, 5.41) is 3.52. The Labute approximate surface area is 158 Å². The van der Waals surface area contributed by atoms with Crippen LogP contribution in [-0.2, 0) is 16.1 Å². The lowest BCUT2D eigenvalue weighted by molar-refractivity contribution is -0.116. The van der Waals surface area contributed by atoms with Crippen LogP contribution in [0.3, 0.4) is 0 Å². The van der Waals surface area contributed by atoms with Gasteiger partial charge in [0.15, 0.2) is 0 Å². The molecule has 138 valence electrons. The van der Waals surface area contributed by atoms with Crippen LogP contribution >= 0.6 is 11.6 Å². The molecule has 6 heteroatoms. The average Bonchev–Trinajstić information content (AvgIpc) is 2.66. The van der Waals surface area contributed by atoms with Crippen LogP contribution in [0.2, 0.25) is 5.02 Å². The minimum absolute atomic E-state index is 0.0991. The molecule has 0 bridgehead atoms. The van der Waals surface area contributed by atoms with Crippen LogP contribution in [0.1, 0.15) is 12.0 Å². The number of hydrogen-bond donors (Lipinski definition) is 1. The molecule has 1 aliphatic heterocycles. The fourth-order valence-corrected chi connectivity index (χ4v) is 3.00. The van der Waals surface area contributed by atoms with Gasteiger partial charge in [-0.25, -0.2) is 0 Å². The van der Waals surface area contributed by atoms with Crippen LogP contribution in [0.15, 0.2) is 48.5 Å². The van der Waals surface area contributed by atoms with E-state index in [0.29, 0.717) is 17.3 Å². The number of carbonyl (C=O) groups is 1. The van der Waals surface area contributed by atoms with Crippen LogP contribution in [-0.4, -0.2) is 43.7 Å². The van der Waals surface area contributed by atoms with Crippen LogP contribution < -0.4 is 10.1 Å². The third-order valence-electron chi connectivity index (χ3n) is 4.18. The number of morpholine rings is 1. The molecule has 0 saturated carbocycles. The predicted octanol–water partition coefficient (Wildman–Crippen LogP) is 3.58. The molecule has 1 saturated heterocycles. The fraction of sp³-hybridized carbons (Fsp3) is 0.350. The van der Waals surface area contributed by atoms with Crippen molar-refractivity contribution in [1.82, 2.24) is 4.90 Å². The van der Waals surface area contributed by atoms with E-state index in [-0.39, 0.29) is 12.3 Å². The van der Waals surface area contributed by atoms with Crippen LogP contribution in [0.25, 0.3) is 0 Å². The molecule has 1 aliphatic rings. The van der Waals surface area contributed by atoms with Crippen molar-refractivity contribution in [3.8, 4) is 5.75 Å². The van der Waals surface area contributed by atoms with E-state index >= 15 is 0 Å². The number of ether oxygens (including phenoxy) is 2. The molecular formula is C20H23ClN2O3. The third kappa shape index (κ3) is 5.73. The Morgan fingerprint density at radius 3 is 2.65 bits per heavy atom. The molecule has 0 aromatic heterocycles. The van der Waals surface area contributed by atoms with Gasteiger partial charge in [-0.15, -0.1) is 0 Å². The summed E-state index contributed by atoms with van der Waals surface area (Å²) < 4.78 is 10.9. The summed E-state index contributed by atoms with van der Waals surface area (Å²) in [5.74, 6) is 0.661. The van der Waals surface area contributed by atoms with Gasteiger partial charge in [-0.3, -0.25) is 9.69 Å². The molecule has 0 radical (unpaired) electrons. The first-order valence-electron chi connectivity index (χ1n) is 8.77.